The Kier molecular flexibility index (Phi) is 5.01. The van der Waals surface area contributed by atoms with Crippen LogP contribution >= 0.6 is 11.6 Å². The van der Waals surface area contributed by atoms with Gasteiger partial charge in [-0.05, 0) is 44.5 Å². The van der Waals surface area contributed by atoms with Crippen LogP contribution in [0.4, 0.5) is 0 Å². The summed E-state index contributed by atoms with van der Waals surface area (Å²) in [5.74, 6) is 1.31. The van der Waals surface area contributed by atoms with E-state index < -0.39 is 0 Å². The Balaban J connectivity index is 2.53. The van der Waals surface area contributed by atoms with E-state index >= 15 is 0 Å². The fraction of sp³-hybridized carbons (Fsp3) is 0.500. The lowest BCUT2D eigenvalue weighted by Gasteiger charge is -2.19. The molecule has 21 heavy (non-hydrogen) atoms. The fourth-order valence-corrected chi connectivity index (χ4v) is 2.52. The highest BCUT2D eigenvalue weighted by atomic mass is 35.5. The Morgan fingerprint density at radius 3 is 2.67 bits per heavy atom. The van der Waals surface area contributed by atoms with Crippen molar-refractivity contribution in [1.82, 2.24) is 14.9 Å². The fourth-order valence-electron chi connectivity index (χ4n) is 2.35. The summed E-state index contributed by atoms with van der Waals surface area (Å²) in [5, 5.41) is 4.63. The number of nitrogens with zero attached hydrogens (tertiary/aromatic N) is 2. The van der Waals surface area contributed by atoms with E-state index in [0.717, 1.165) is 12.4 Å². The van der Waals surface area contributed by atoms with Crippen molar-refractivity contribution in [3.05, 3.63) is 39.4 Å². The smallest absolute Gasteiger partial charge is 0.261 e. The van der Waals surface area contributed by atoms with E-state index in [1.165, 1.54) is 0 Å². The molecule has 0 spiro atoms. The Hall–Kier alpha value is -1.39. The zero-order valence-electron chi connectivity index (χ0n) is 13.0. The van der Waals surface area contributed by atoms with Gasteiger partial charge in [-0.3, -0.25) is 9.36 Å². The van der Waals surface area contributed by atoms with Crippen LogP contribution in [-0.4, -0.2) is 16.1 Å². The van der Waals surface area contributed by atoms with Crippen molar-refractivity contribution in [2.75, 3.05) is 6.54 Å². The van der Waals surface area contributed by atoms with E-state index in [1.807, 2.05) is 13.8 Å². The first kappa shape index (κ1) is 16.0. The third-order valence-corrected chi connectivity index (χ3v) is 3.72. The van der Waals surface area contributed by atoms with E-state index in [0.29, 0.717) is 28.4 Å². The molecule has 1 aromatic carbocycles. The van der Waals surface area contributed by atoms with Crippen LogP contribution in [0.15, 0.2) is 23.0 Å². The molecule has 5 heteroatoms. The number of hydrogen-bond donors (Lipinski definition) is 1. The van der Waals surface area contributed by atoms with Gasteiger partial charge in [-0.15, -0.1) is 0 Å². The molecule has 0 saturated heterocycles. The van der Waals surface area contributed by atoms with E-state index in [9.17, 15) is 4.79 Å². The van der Waals surface area contributed by atoms with Gasteiger partial charge in [0, 0.05) is 11.6 Å². The van der Waals surface area contributed by atoms with Crippen molar-refractivity contribution in [2.24, 2.45) is 5.92 Å². The first-order valence-corrected chi connectivity index (χ1v) is 7.75. The van der Waals surface area contributed by atoms with Crippen LogP contribution in [0.3, 0.4) is 0 Å². The number of halogens is 1. The molecule has 4 nitrogen and oxygen atoms in total. The second-order valence-corrected chi connectivity index (χ2v) is 6.14. The summed E-state index contributed by atoms with van der Waals surface area (Å²) in [6.07, 6.45) is 0. The standard InChI is InChI=1S/C16H22ClN3O/c1-5-20-15(11(4)18-9-10(2)3)19-14-8-12(17)6-7-13(14)16(20)21/h6-8,10-11,18H,5,9H2,1-4H3/t11-/m0/s1. The predicted octanol–water partition coefficient (Wildman–Crippen LogP) is 3.38. The van der Waals surface area contributed by atoms with Crippen LogP contribution in [0.2, 0.25) is 5.02 Å². The van der Waals surface area contributed by atoms with Crippen molar-refractivity contribution in [1.29, 1.82) is 0 Å². The molecule has 0 bridgehead atoms. The highest BCUT2D eigenvalue weighted by molar-refractivity contribution is 6.31. The van der Waals surface area contributed by atoms with Gasteiger partial charge in [-0.1, -0.05) is 25.4 Å². The molecule has 0 aliphatic rings. The highest BCUT2D eigenvalue weighted by Crippen LogP contribution is 2.18. The lowest BCUT2D eigenvalue weighted by molar-refractivity contribution is 0.461. The molecule has 114 valence electrons. The maximum absolute atomic E-state index is 12.6. The molecule has 0 aliphatic carbocycles. The third kappa shape index (κ3) is 3.44. The second kappa shape index (κ2) is 6.58. The molecule has 1 heterocycles. The minimum absolute atomic E-state index is 0.00707. The van der Waals surface area contributed by atoms with Crippen LogP contribution in [-0.2, 0) is 6.54 Å². The van der Waals surface area contributed by atoms with Crippen molar-refractivity contribution in [3.8, 4) is 0 Å². The van der Waals surface area contributed by atoms with Gasteiger partial charge in [-0.2, -0.15) is 0 Å². The summed E-state index contributed by atoms with van der Waals surface area (Å²) in [6.45, 7) is 9.79. The summed E-state index contributed by atoms with van der Waals surface area (Å²) < 4.78 is 1.73. The van der Waals surface area contributed by atoms with E-state index in [2.05, 4.69) is 24.1 Å². The molecule has 1 atom stereocenters. The Labute approximate surface area is 130 Å². The zero-order valence-corrected chi connectivity index (χ0v) is 13.7. The number of rotatable bonds is 5. The molecular formula is C16H22ClN3O. The van der Waals surface area contributed by atoms with Gasteiger partial charge in [0.2, 0.25) is 0 Å². The monoisotopic (exact) mass is 307 g/mol. The van der Waals surface area contributed by atoms with Gasteiger partial charge < -0.3 is 5.32 Å². The van der Waals surface area contributed by atoms with E-state index in [-0.39, 0.29) is 11.6 Å². The van der Waals surface area contributed by atoms with Crippen LogP contribution in [0.5, 0.6) is 0 Å². The highest BCUT2D eigenvalue weighted by Gasteiger charge is 2.15. The normalized spacial score (nSPS) is 13.0. The zero-order chi connectivity index (χ0) is 15.6. The summed E-state index contributed by atoms with van der Waals surface area (Å²) in [7, 11) is 0. The minimum atomic E-state index is -0.00707. The lowest BCUT2D eigenvalue weighted by atomic mass is 10.2. The quantitative estimate of drug-likeness (QED) is 0.921. The number of benzene rings is 1. The van der Waals surface area contributed by atoms with Gasteiger partial charge in [-0.25, -0.2) is 4.98 Å². The summed E-state index contributed by atoms with van der Waals surface area (Å²) >= 11 is 6.01. The lowest BCUT2D eigenvalue weighted by Crippen LogP contribution is -2.32. The van der Waals surface area contributed by atoms with Crippen molar-refractivity contribution in [3.63, 3.8) is 0 Å². The van der Waals surface area contributed by atoms with Crippen LogP contribution in [0.25, 0.3) is 10.9 Å². The largest absolute Gasteiger partial charge is 0.307 e. The van der Waals surface area contributed by atoms with Crippen LogP contribution in [0.1, 0.15) is 39.6 Å². The number of nitrogens with one attached hydrogen (secondary N) is 1. The summed E-state index contributed by atoms with van der Waals surface area (Å²) in [4.78, 5) is 17.2. The van der Waals surface area contributed by atoms with Crippen molar-refractivity contribution >= 4 is 22.5 Å². The molecule has 0 unspecified atom stereocenters. The molecule has 1 N–H and O–H groups in total. The molecule has 1 aromatic heterocycles. The third-order valence-electron chi connectivity index (χ3n) is 3.48. The minimum Gasteiger partial charge on any atom is -0.307 e. The predicted molar refractivity (Wildman–Crippen MR) is 87.9 cm³/mol. The molecule has 0 amide bonds. The van der Waals surface area contributed by atoms with Gasteiger partial charge >= 0.3 is 0 Å². The Bertz CT molecular complexity index is 694. The number of fused-ring (bicyclic) bond motifs is 1. The van der Waals surface area contributed by atoms with E-state index in [1.54, 1.807) is 22.8 Å². The van der Waals surface area contributed by atoms with E-state index in [4.69, 9.17) is 11.6 Å². The maximum Gasteiger partial charge on any atom is 0.261 e. The average Bonchev–Trinajstić information content (AvgIpc) is 2.44. The molecular weight excluding hydrogens is 286 g/mol. The van der Waals surface area contributed by atoms with Crippen molar-refractivity contribution in [2.45, 2.75) is 40.3 Å². The number of aromatic nitrogens is 2. The Morgan fingerprint density at radius 2 is 2.05 bits per heavy atom. The van der Waals surface area contributed by atoms with Crippen LogP contribution < -0.4 is 10.9 Å². The Morgan fingerprint density at radius 1 is 1.33 bits per heavy atom. The summed E-state index contributed by atoms with van der Waals surface area (Å²) in [6, 6.07) is 5.24. The summed E-state index contributed by atoms with van der Waals surface area (Å²) in [5.41, 5.74) is 0.651. The molecule has 2 aromatic rings. The SMILES string of the molecule is CCn1c([C@H](C)NCC(C)C)nc2cc(Cl)ccc2c1=O. The van der Waals surface area contributed by atoms with Crippen LogP contribution in [0, 0.1) is 5.92 Å². The van der Waals surface area contributed by atoms with Gasteiger partial charge in [0.15, 0.2) is 0 Å². The van der Waals surface area contributed by atoms with Gasteiger partial charge in [0.05, 0.1) is 16.9 Å². The molecule has 0 fully saturated rings. The number of hydrogen-bond acceptors (Lipinski definition) is 3. The van der Waals surface area contributed by atoms with Crippen molar-refractivity contribution < 1.29 is 0 Å². The molecule has 0 radical (unpaired) electrons. The first-order chi connectivity index (χ1) is 9.93. The first-order valence-electron chi connectivity index (χ1n) is 7.37. The molecule has 2 rings (SSSR count). The topological polar surface area (TPSA) is 46.9 Å². The molecule has 0 aliphatic heterocycles. The molecule has 0 saturated carbocycles. The van der Waals surface area contributed by atoms with Gasteiger partial charge in [0.25, 0.3) is 5.56 Å². The second-order valence-electron chi connectivity index (χ2n) is 5.70. The average molecular weight is 308 g/mol. The maximum atomic E-state index is 12.6. The van der Waals surface area contributed by atoms with Gasteiger partial charge in [0.1, 0.15) is 5.82 Å².